The third kappa shape index (κ3) is 4.86. The second-order valence-electron chi connectivity index (χ2n) is 5.98. The van der Waals surface area contributed by atoms with Crippen molar-refractivity contribution in [3.05, 3.63) is 30.3 Å². The van der Waals surface area contributed by atoms with Crippen LogP contribution >= 0.6 is 11.8 Å². The molecule has 6 heteroatoms. The number of morpholine rings is 1. The Morgan fingerprint density at radius 2 is 2.00 bits per heavy atom. The molecule has 126 valence electrons. The number of urea groups is 1. The molecular formula is C17H25N3O2S. The smallest absolute Gasteiger partial charge is 0.322 e. The topological polar surface area (TPSA) is 44.8 Å². The highest BCUT2D eigenvalue weighted by Crippen LogP contribution is 2.19. The molecule has 2 aliphatic heterocycles. The van der Waals surface area contributed by atoms with Gasteiger partial charge in [-0.2, -0.15) is 11.8 Å². The van der Waals surface area contributed by atoms with Crippen LogP contribution < -0.4 is 5.32 Å². The first-order valence-corrected chi connectivity index (χ1v) is 9.49. The van der Waals surface area contributed by atoms with Gasteiger partial charge in [0.1, 0.15) is 0 Å². The fourth-order valence-electron chi connectivity index (χ4n) is 3.05. The van der Waals surface area contributed by atoms with Gasteiger partial charge in [0.05, 0.1) is 19.3 Å². The molecule has 2 heterocycles. The van der Waals surface area contributed by atoms with Crippen molar-refractivity contribution in [2.24, 2.45) is 0 Å². The van der Waals surface area contributed by atoms with Crippen LogP contribution in [0.1, 0.15) is 6.42 Å². The quantitative estimate of drug-likeness (QED) is 0.921. The van der Waals surface area contributed by atoms with Gasteiger partial charge in [0.25, 0.3) is 0 Å². The molecule has 0 spiro atoms. The third-order valence-corrected chi connectivity index (χ3v) is 5.50. The summed E-state index contributed by atoms with van der Waals surface area (Å²) in [5, 5.41) is 3.04. The summed E-state index contributed by atoms with van der Waals surface area (Å²) in [7, 11) is 0. The minimum atomic E-state index is 0.0250. The van der Waals surface area contributed by atoms with Crippen molar-refractivity contribution >= 4 is 23.5 Å². The van der Waals surface area contributed by atoms with E-state index in [0.29, 0.717) is 0 Å². The van der Waals surface area contributed by atoms with Crippen molar-refractivity contribution in [2.45, 2.75) is 12.5 Å². The molecule has 0 radical (unpaired) electrons. The number of rotatable bonds is 3. The highest BCUT2D eigenvalue weighted by atomic mass is 32.2. The summed E-state index contributed by atoms with van der Waals surface area (Å²) in [6.45, 7) is 5.32. The predicted octanol–water partition coefficient (Wildman–Crippen LogP) is 2.36. The number of nitrogens with zero attached hydrogens (tertiary/aromatic N) is 2. The molecule has 3 rings (SSSR count). The van der Waals surface area contributed by atoms with Crippen LogP contribution in [0, 0.1) is 0 Å². The molecule has 2 aliphatic rings. The van der Waals surface area contributed by atoms with Crippen molar-refractivity contribution in [3.63, 3.8) is 0 Å². The zero-order valence-electron chi connectivity index (χ0n) is 13.4. The number of ether oxygens (including phenoxy) is 1. The summed E-state index contributed by atoms with van der Waals surface area (Å²) in [6, 6.07) is 10.0. The van der Waals surface area contributed by atoms with E-state index < -0.39 is 0 Å². The van der Waals surface area contributed by atoms with Gasteiger partial charge < -0.3 is 15.0 Å². The minimum absolute atomic E-state index is 0.0250. The number of nitrogens with one attached hydrogen (secondary N) is 1. The second kappa shape index (κ2) is 8.57. The van der Waals surface area contributed by atoms with E-state index >= 15 is 0 Å². The number of benzene rings is 1. The Kier molecular flexibility index (Phi) is 6.19. The number of carbonyl (C=O) groups excluding carboxylic acids is 1. The summed E-state index contributed by atoms with van der Waals surface area (Å²) in [4.78, 5) is 17.2. The zero-order valence-corrected chi connectivity index (χ0v) is 14.3. The van der Waals surface area contributed by atoms with Gasteiger partial charge in [-0.1, -0.05) is 18.2 Å². The largest absolute Gasteiger partial charge is 0.379 e. The van der Waals surface area contributed by atoms with Crippen LogP contribution in [0.5, 0.6) is 0 Å². The number of hydrogen-bond acceptors (Lipinski definition) is 4. The predicted molar refractivity (Wildman–Crippen MR) is 95.2 cm³/mol. The number of thioether (sulfide) groups is 1. The SMILES string of the molecule is O=C(Nc1ccccc1)N1CCCSC[C@H]1CN1CCOCC1. The van der Waals surface area contributed by atoms with Crippen molar-refractivity contribution < 1.29 is 9.53 Å². The second-order valence-corrected chi connectivity index (χ2v) is 7.13. The van der Waals surface area contributed by atoms with E-state index in [0.717, 1.165) is 63.0 Å². The van der Waals surface area contributed by atoms with Gasteiger partial charge in [0.2, 0.25) is 0 Å². The van der Waals surface area contributed by atoms with Crippen LogP contribution in [0.4, 0.5) is 10.5 Å². The molecule has 0 unspecified atom stereocenters. The maximum absolute atomic E-state index is 12.7. The monoisotopic (exact) mass is 335 g/mol. The molecule has 23 heavy (non-hydrogen) atoms. The summed E-state index contributed by atoms with van der Waals surface area (Å²) >= 11 is 1.96. The first-order valence-electron chi connectivity index (χ1n) is 8.33. The van der Waals surface area contributed by atoms with E-state index in [-0.39, 0.29) is 12.1 Å². The Bertz CT molecular complexity index is 494. The molecule has 2 fully saturated rings. The number of anilines is 1. The molecule has 0 aromatic heterocycles. The lowest BCUT2D eigenvalue weighted by atomic mass is 10.2. The molecule has 2 amide bonds. The molecule has 2 saturated heterocycles. The molecule has 1 aromatic carbocycles. The Hall–Kier alpha value is -1.24. The van der Waals surface area contributed by atoms with Crippen LogP contribution in [0.25, 0.3) is 0 Å². The van der Waals surface area contributed by atoms with Gasteiger partial charge in [-0.15, -0.1) is 0 Å². The minimum Gasteiger partial charge on any atom is -0.379 e. The van der Waals surface area contributed by atoms with Crippen LogP contribution in [0.3, 0.4) is 0 Å². The van der Waals surface area contributed by atoms with Crippen molar-refractivity contribution in [1.29, 1.82) is 0 Å². The maximum Gasteiger partial charge on any atom is 0.322 e. The van der Waals surface area contributed by atoms with Crippen molar-refractivity contribution in [2.75, 3.05) is 56.2 Å². The van der Waals surface area contributed by atoms with Gasteiger partial charge in [0.15, 0.2) is 0 Å². The Morgan fingerprint density at radius 1 is 1.22 bits per heavy atom. The van der Waals surface area contributed by atoms with E-state index in [1.54, 1.807) is 0 Å². The van der Waals surface area contributed by atoms with Crippen molar-refractivity contribution in [3.8, 4) is 0 Å². The van der Waals surface area contributed by atoms with Gasteiger partial charge in [-0.3, -0.25) is 4.90 Å². The van der Waals surface area contributed by atoms with Gasteiger partial charge in [0, 0.05) is 37.6 Å². The Morgan fingerprint density at radius 3 is 2.78 bits per heavy atom. The van der Waals surface area contributed by atoms with Crippen LogP contribution in [0.15, 0.2) is 30.3 Å². The molecule has 0 aliphatic carbocycles. The highest BCUT2D eigenvalue weighted by molar-refractivity contribution is 7.99. The summed E-state index contributed by atoms with van der Waals surface area (Å²) in [5.74, 6) is 2.15. The molecule has 5 nitrogen and oxygen atoms in total. The summed E-state index contributed by atoms with van der Waals surface area (Å²) in [5.41, 5.74) is 0.861. The molecule has 1 aromatic rings. The standard InChI is InChI=1S/C17H25N3O2S/c21-17(18-15-5-2-1-3-6-15)20-7-4-12-23-14-16(20)13-19-8-10-22-11-9-19/h1-3,5-6,16H,4,7-14H2,(H,18,21)/t16-/m1/s1. The summed E-state index contributed by atoms with van der Waals surface area (Å²) < 4.78 is 5.43. The third-order valence-electron chi connectivity index (χ3n) is 4.30. The molecule has 1 N–H and O–H groups in total. The maximum atomic E-state index is 12.7. The average molecular weight is 335 g/mol. The molecular weight excluding hydrogens is 310 g/mol. The summed E-state index contributed by atoms with van der Waals surface area (Å²) in [6.07, 6.45) is 1.06. The van der Waals surface area contributed by atoms with E-state index in [2.05, 4.69) is 10.2 Å². The lowest BCUT2D eigenvalue weighted by Gasteiger charge is -2.35. The zero-order chi connectivity index (χ0) is 15.9. The first-order chi connectivity index (χ1) is 11.3. The first kappa shape index (κ1) is 16.6. The van der Waals surface area contributed by atoms with Crippen LogP contribution in [-0.2, 0) is 4.74 Å². The average Bonchev–Trinajstić information content (AvgIpc) is 2.82. The molecule has 1 atom stereocenters. The number of amides is 2. The van der Waals surface area contributed by atoms with Gasteiger partial charge >= 0.3 is 6.03 Å². The van der Waals surface area contributed by atoms with Crippen molar-refractivity contribution in [1.82, 2.24) is 9.80 Å². The number of hydrogen-bond donors (Lipinski definition) is 1. The number of para-hydroxylation sites is 1. The Labute approximate surface area is 142 Å². The Balaban J connectivity index is 1.63. The number of carbonyl (C=O) groups is 1. The normalized spacial score (nSPS) is 23.3. The van der Waals surface area contributed by atoms with Gasteiger partial charge in [-0.05, 0) is 24.3 Å². The van der Waals surface area contributed by atoms with E-state index in [1.807, 2.05) is 47.0 Å². The van der Waals surface area contributed by atoms with Crippen LogP contribution in [-0.4, -0.2) is 72.8 Å². The van der Waals surface area contributed by atoms with E-state index in [9.17, 15) is 4.79 Å². The molecule has 0 saturated carbocycles. The van der Waals surface area contributed by atoms with E-state index in [1.165, 1.54) is 0 Å². The fourth-order valence-corrected chi connectivity index (χ4v) is 4.10. The van der Waals surface area contributed by atoms with Gasteiger partial charge in [-0.25, -0.2) is 4.79 Å². The van der Waals surface area contributed by atoms with Crippen LogP contribution in [0.2, 0.25) is 0 Å². The molecule has 0 bridgehead atoms. The highest BCUT2D eigenvalue weighted by Gasteiger charge is 2.28. The lowest BCUT2D eigenvalue weighted by Crippen LogP contribution is -2.51. The lowest BCUT2D eigenvalue weighted by molar-refractivity contribution is 0.0288. The fraction of sp³-hybridized carbons (Fsp3) is 0.588. The van der Waals surface area contributed by atoms with E-state index in [4.69, 9.17) is 4.74 Å².